The Bertz CT molecular complexity index is 684. The zero-order valence-electron chi connectivity index (χ0n) is 13.1. The maximum absolute atomic E-state index is 13.1. The van der Waals surface area contributed by atoms with Gasteiger partial charge < -0.3 is 10.1 Å². The molecular weight excluding hydrogens is 315 g/mol. The summed E-state index contributed by atoms with van der Waals surface area (Å²) in [5.74, 6) is -0.171. The molecule has 1 aromatic carbocycles. The molecule has 2 unspecified atom stereocenters. The van der Waals surface area contributed by atoms with Crippen LogP contribution in [0.4, 0.5) is 9.39 Å². The van der Waals surface area contributed by atoms with Crippen LogP contribution < -0.4 is 5.32 Å². The average Bonchev–Trinajstić information content (AvgIpc) is 3.16. The van der Waals surface area contributed by atoms with Crippen LogP contribution in [0, 0.1) is 17.7 Å². The highest BCUT2D eigenvalue weighted by molar-refractivity contribution is 7.14. The minimum absolute atomic E-state index is 0.0335. The first kappa shape index (κ1) is 16.1. The van der Waals surface area contributed by atoms with E-state index in [4.69, 9.17) is 4.74 Å². The highest BCUT2D eigenvalue weighted by Crippen LogP contribution is 2.33. The molecule has 2 heterocycles. The SMILES string of the molecule is CC(C)C1OCCC1C(=O)Nc1scnc1-c1ccc(F)cc1. The largest absolute Gasteiger partial charge is 0.377 e. The molecule has 2 atom stereocenters. The third-order valence-corrected chi connectivity index (χ3v) is 4.79. The molecule has 1 N–H and O–H groups in total. The van der Waals surface area contributed by atoms with Crippen LogP contribution >= 0.6 is 11.3 Å². The summed E-state index contributed by atoms with van der Waals surface area (Å²) in [5.41, 5.74) is 3.13. The van der Waals surface area contributed by atoms with Crippen LogP contribution in [0.25, 0.3) is 11.3 Å². The number of rotatable bonds is 4. The molecule has 4 nitrogen and oxygen atoms in total. The molecule has 0 aliphatic carbocycles. The summed E-state index contributed by atoms with van der Waals surface area (Å²) < 4.78 is 18.7. The number of amides is 1. The van der Waals surface area contributed by atoms with Crippen molar-refractivity contribution < 1.29 is 13.9 Å². The molecule has 6 heteroatoms. The summed E-state index contributed by atoms with van der Waals surface area (Å²) >= 11 is 1.37. The van der Waals surface area contributed by atoms with Crippen molar-refractivity contribution in [2.24, 2.45) is 11.8 Å². The zero-order chi connectivity index (χ0) is 16.4. The van der Waals surface area contributed by atoms with E-state index in [9.17, 15) is 9.18 Å². The van der Waals surface area contributed by atoms with Crippen LogP contribution in [0.15, 0.2) is 29.8 Å². The average molecular weight is 334 g/mol. The lowest BCUT2D eigenvalue weighted by molar-refractivity contribution is -0.122. The van der Waals surface area contributed by atoms with Gasteiger partial charge in [0.25, 0.3) is 0 Å². The van der Waals surface area contributed by atoms with Gasteiger partial charge in [-0.2, -0.15) is 0 Å². The first-order chi connectivity index (χ1) is 11.1. The van der Waals surface area contributed by atoms with Gasteiger partial charge in [-0.1, -0.05) is 13.8 Å². The highest BCUT2D eigenvalue weighted by Gasteiger charge is 2.36. The van der Waals surface area contributed by atoms with Crippen molar-refractivity contribution in [1.82, 2.24) is 4.98 Å². The molecule has 0 saturated carbocycles. The quantitative estimate of drug-likeness (QED) is 0.921. The third-order valence-electron chi connectivity index (χ3n) is 4.05. The molecule has 1 aliphatic heterocycles. The van der Waals surface area contributed by atoms with Crippen molar-refractivity contribution >= 4 is 22.2 Å². The topological polar surface area (TPSA) is 51.2 Å². The van der Waals surface area contributed by atoms with Crippen LogP contribution in [0.1, 0.15) is 20.3 Å². The Kier molecular flexibility index (Phi) is 4.73. The second kappa shape index (κ2) is 6.76. The van der Waals surface area contributed by atoms with Crippen molar-refractivity contribution in [3.8, 4) is 11.3 Å². The van der Waals surface area contributed by atoms with Gasteiger partial charge in [-0.15, -0.1) is 11.3 Å². The van der Waals surface area contributed by atoms with Gasteiger partial charge >= 0.3 is 0 Å². The molecule has 23 heavy (non-hydrogen) atoms. The Morgan fingerprint density at radius 2 is 2.13 bits per heavy atom. The number of carbonyl (C=O) groups excluding carboxylic acids is 1. The van der Waals surface area contributed by atoms with E-state index >= 15 is 0 Å². The van der Waals surface area contributed by atoms with Gasteiger partial charge in [-0.3, -0.25) is 4.79 Å². The Morgan fingerprint density at radius 3 is 2.83 bits per heavy atom. The van der Waals surface area contributed by atoms with Gasteiger partial charge in [0, 0.05) is 12.2 Å². The summed E-state index contributed by atoms with van der Waals surface area (Å²) in [6, 6.07) is 6.10. The van der Waals surface area contributed by atoms with E-state index in [1.165, 1.54) is 23.5 Å². The first-order valence-corrected chi connectivity index (χ1v) is 8.56. The van der Waals surface area contributed by atoms with Gasteiger partial charge in [0.05, 0.1) is 17.5 Å². The van der Waals surface area contributed by atoms with E-state index < -0.39 is 0 Å². The van der Waals surface area contributed by atoms with Gasteiger partial charge in [-0.25, -0.2) is 9.37 Å². The maximum Gasteiger partial charge on any atom is 0.230 e. The van der Waals surface area contributed by atoms with Crippen LogP contribution in [-0.4, -0.2) is 23.6 Å². The molecular formula is C17H19FN2O2S. The monoisotopic (exact) mass is 334 g/mol. The van der Waals surface area contributed by atoms with Crippen LogP contribution in [-0.2, 0) is 9.53 Å². The number of nitrogens with zero attached hydrogens (tertiary/aromatic N) is 1. The lowest BCUT2D eigenvalue weighted by Gasteiger charge is -2.21. The van der Waals surface area contributed by atoms with Crippen molar-refractivity contribution in [3.05, 3.63) is 35.6 Å². The minimum atomic E-state index is -0.294. The normalized spacial score (nSPS) is 20.9. The van der Waals surface area contributed by atoms with Crippen LogP contribution in [0.3, 0.4) is 0 Å². The number of halogens is 1. The minimum Gasteiger partial charge on any atom is -0.377 e. The smallest absolute Gasteiger partial charge is 0.230 e. The number of anilines is 1. The lowest BCUT2D eigenvalue weighted by atomic mass is 9.92. The number of aromatic nitrogens is 1. The molecule has 1 saturated heterocycles. The van der Waals surface area contributed by atoms with Crippen molar-refractivity contribution in [1.29, 1.82) is 0 Å². The molecule has 1 aliphatic rings. The number of benzene rings is 1. The maximum atomic E-state index is 13.1. The molecule has 1 aromatic heterocycles. The fourth-order valence-electron chi connectivity index (χ4n) is 2.90. The standard InChI is InChI=1S/C17H19FN2O2S/c1-10(2)15-13(7-8-22-15)16(21)20-17-14(19-9-23-17)11-3-5-12(18)6-4-11/h3-6,9-10,13,15H,7-8H2,1-2H3,(H,20,21). The summed E-state index contributed by atoms with van der Waals surface area (Å²) in [5, 5.41) is 3.66. The van der Waals surface area contributed by atoms with E-state index in [0.717, 1.165) is 12.0 Å². The molecule has 1 amide bonds. The summed E-state index contributed by atoms with van der Waals surface area (Å²) in [6.07, 6.45) is 0.691. The van der Waals surface area contributed by atoms with Crippen LogP contribution in [0.2, 0.25) is 0 Å². The fraction of sp³-hybridized carbons (Fsp3) is 0.412. The predicted octanol–water partition coefficient (Wildman–Crippen LogP) is 3.95. The molecule has 2 aromatic rings. The molecule has 0 spiro atoms. The van der Waals surface area contributed by atoms with Gasteiger partial charge in [0.15, 0.2) is 0 Å². The van der Waals surface area contributed by atoms with E-state index in [-0.39, 0.29) is 23.7 Å². The molecule has 122 valence electrons. The number of hydrogen-bond acceptors (Lipinski definition) is 4. The summed E-state index contributed by atoms with van der Waals surface area (Å²) in [7, 11) is 0. The van der Waals surface area contributed by atoms with E-state index in [0.29, 0.717) is 23.2 Å². The molecule has 0 radical (unpaired) electrons. The van der Waals surface area contributed by atoms with E-state index in [1.807, 2.05) is 0 Å². The predicted molar refractivity (Wildman–Crippen MR) is 88.8 cm³/mol. The zero-order valence-corrected chi connectivity index (χ0v) is 13.9. The second-order valence-electron chi connectivity index (χ2n) is 6.00. The number of thiazole rings is 1. The molecule has 1 fully saturated rings. The van der Waals surface area contributed by atoms with Gasteiger partial charge in [0.1, 0.15) is 16.5 Å². The molecule has 0 bridgehead atoms. The second-order valence-corrected chi connectivity index (χ2v) is 6.86. The summed E-state index contributed by atoms with van der Waals surface area (Å²) in [4.78, 5) is 16.9. The van der Waals surface area contributed by atoms with Gasteiger partial charge in [0.2, 0.25) is 5.91 Å². The Morgan fingerprint density at radius 1 is 1.39 bits per heavy atom. The van der Waals surface area contributed by atoms with Crippen molar-refractivity contribution in [2.45, 2.75) is 26.4 Å². The Labute approximate surface area is 138 Å². The van der Waals surface area contributed by atoms with Crippen molar-refractivity contribution in [2.75, 3.05) is 11.9 Å². The highest BCUT2D eigenvalue weighted by atomic mass is 32.1. The number of nitrogens with one attached hydrogen (secondary N) is 1. The fourth-order valence-corrected chi connectivity index (χ4v) is 3.61. The Hall–Kier alpha value is -1.79. The first-order valence-electron chi connectivity index (χ1n) is 7.68. The van der Waals surface area contributed by atoms with Gasteiger partial charge in [-0.05, 0) is 36.6 Å². The third kappa shape index (κ3) is 3.43. The number of ether oxygens (including phenoxy) is 1. The summed E-state index contributed by atoms with van der Waals surface area (Å²) in [6.45, 7) is 4.74. The molecule has 3 rings (SSSR count). The lowest BCUT2D eigenvalue weighted by Crippen LogP contribution is -2.32. The van der Waals surface area contributed by atoms with Crippen LogP contribution in [0.5, 0.6) is 0 Å². The van der Waals surface area contributed by atoms with E-state index in [2.05, 4.69) is 24.1 Å². The number of hydrogen-bond donors (Lipinski definition) is 1. The number of carbonyl (C=O) groups is 1. The van der Waals surface area contributed by atoms with E-state index in [1.54, 1.807) is 17.6 Å². The van der Waals surface area contributed by atoms with Crippen molar-refractivity contribution in [3.63, 3.8) is 0 Å². The Balaban J connectivity index is 1.77.